The zero-order chi connectivity index (χ0) is 10.7. The summed E-state index contributed by atoms with van der Waals surface area (Å²) in [5.41, 5.74) is 1.11. The van der Waals surface area contributed by atoms with E-state index in [1.807, 2.05) is 24.3 Å². The third kappa shape index (κ3) is 2.56. The molecule has 0 aliphatic carbocycles. The van der Waals surface area contributed by atoms with Gasteiger partial charge in [0.05, 0.1) is 7.11 Å². The summed E-state index contributed by atoms with van der Waals surface area (Å²) in [5.74, 6) is 1.50. The number of halogens is 1. The fraction of sp³-hybridized carbons (Fsp3) is 0.200. The van der Waals surface area contributed by atoms with Crippen LogP contribution in [0.2, 0.25) is 0 Å². The van der Waals surface area contributed by atoms with Crippen molar-refractivity contribution in [3.8, 4) is 5.75 Å². The van der Waals surface area contributed by atoms with Crippen molar-refractivity contribution in [1.82, 2.24) is 10.1 Å². The summed E-state index contributed by atoms with van der Waals surface area (Å²) in [6.45, 7) is 0. The second-order valence-corrected chi connectivity index (χ2v) is 3.67. The number of methoxy groups -OCH3 is 1. The third-order valence-electron chi connectivity index (χ3n) is 1.96. The number of hydrogen-bond acceptors (Lipinski definition) is 4. The molecule has 78 valence electrons. The van der Waals surface area contributed by atoms with Crippen LogP contribution in [0.15, 0.2) is 33.6 Å². The molecule has 0 saturated heterocycles. The van der Waals surface area contributed by atoms with E-state index in [0.717, 1.165) is 11.3 Å². The number of rotatable bonds is 3. The summed E-state index contributed by atoms with van der Waals surface area (Å²) in [7, 11) is 1.64. The van der Waals surface area contributed by atoms with Crippen molar-refractivity contribution in [3.63, 3.8) is 0 Å². The molecule has 0 radical (unpaired) electrons. The highest BCUT2D eigenvalue weighted by molar-refractivity contribution is 9.10. The minimum Gasteiger partial charge on any atom is -0.497 e. The minimum absolute atomic E-state index is 0.408. The van der Waals surface area contributed by atoms with Crippen molar-refractivity contribution in [2.24, 2.45) is 0 Å². The van der Waals surface area contributed by atoms with Crippen LogP contribution in [-0.2, 0) is 6.42 Å². The Labute approximate surface area is 95.4 Å². The summed E-state index contributed by atoms with van der Waals surface area (Å²) in [5, 5.41) is 3.79. The van der Waals surface area contributed by atoms with Crippen molar-refractivity contribution in [2.75, 3.05) is 7.11 Å². The first-order valence-corrected chi connectivity index (χ1v) is 5.18. The van der Waals surface area contributed by atoms with Gasteiger partial charge in [-0.2, -0.15) is 4.98 Å². The largest absolute Gasteiger partial charge is 0.497 e. The number of hydrogen-bond donors (Lipinski definition) is 0. The lowest BCUT2D eigenvalue weighted by Gasteiger charge is -2.00. The van der Waals surface area contributed by atoms with Gasteiger partial charge >= 0.3 is 0 Å². The van der Waals surface area contributed by atoms with Gasteiger partial charge < -0.3 is 9.26 Å². The van der Waals surface area contributed by atoms with E-state index >= 15 is 0 Å². The van der Waals surface area contributed by atoms with Crippen molar-refractivity contribution in [1.29, 1.82) is 0 Å². The van der Waals surface area contributed by atoms with Crippen LogP contribution < -0.4 is 4.74 Å². The van der Waals surface area contributed by atoms with E-state index in [1.165, 1.54) is 0 Å². The van der Waals surface area contributed by atoms with Crippen LogP contribution in [0.25, 0.3) is 0 Å². The Hall–Kier alpha value is -1.36. The standard InChI is InChI=1S/C10H9BrN2O2/c1-14-8-4-2-7(3-5-8)6-9-12-10(11)15-13-9/h2-5H,6H2,1H3. The Morgan fingerprint density at radius 3 is 2.60 bits per heavy atom. The molecule has 0 unspecified atom stereocenters. The van der Waals surface area contributed by atoms with E-state index in [0.29, 0.717) is 17.0 Å². The van der Waals surface area contributed by atoms with Crippen molar-refractivity contribution < 1.29 is 9.26 Å². The molecule has 0 atom stereocenters. The number of ether oxygens (including phenoxy) is 1. The number of aromatic nitrogens is 2. The highest BCUT2D eigenvalue weighted by Crippen LogP contribution is 2.14. The molecule has 0 N–H and O–H groups in total. The monoisotopic (exact) mass is 268 g/mol. The van der Waals surface area contributed by atoms with Gasteiger partial charge in [-0.1, -0.05) is 17.3 Å². The maximum Gasteiger partial charge on any atom is 0.293 e. The molecule has 0 spiro atoms. The lowest BCUT2D eigenvalue weighted by Crippen LogP contribution is -1.91. The fourth-order valence-corrected chi connectivity index (χ4v) is 1.51. The minimum atomic E-state index is 0.408. The zero-order valence-corrected chi connectivity index (χ0v) is 9.69. The summed E-state index contributed by atoms with van der Waals surface area (Å²) < 4.78 is 9.88. The quantitative estimate of drug-likeness (QED) is 0.858. The Balaban J connectivity index is 2.11. The van der Waals surface area contributed by atoms with Gasteiger partial charge in [0.15, 0.2) is 5.82 Å². The molecule has 15 heavy (non-hydrogen) atoms. The Morgan fingerprint density at radius 1 is 1.33 bits per heavy atom. The smallest absolute Gasteiger partial charge is 0.293 e. The van der Waals surface area contributed by atoms with E-state index in [4.69, 9.17) is 9.26 Å². The second-order valence-electron chi connectivity index (χ2n) is 2.99. The van der Waals surface area contributed by atoms with Gasteiger partial charge in [0.2, 0.25) is 0 Å². The number of nitrogens with zero attached hydrogens (tertiary/aromatic N) is 2. The molecule has 0 bridgehead atoms. The average Bonchev–Trinajstić information content (AvgIpc) is 2.65. The topological polar surface area (TPSA) is 48.2 Å². The van der Waals surface area contributed by atoms with Gasteiger partial charge in [0.25, 0.3) is 4.80 Å². The zero-order valence-electron chi connectivity index (χ0n) is 8.11. The van der Waals surface area contributed by atoms with Crippen LogP contribution >= 0.6 is 15.9 Å². The molecule has 0 aliphatic heterocycles. The van der Waals surface area contributed by atoms with Gasteiger partial charge in [0, 0.05) is 22.4 Å². The third-order valence-corrected chi connectivity index (χ3v) is 2.29. The molecule has 1 aromatic heterocycles. The second kappa shape index (κ2) is 4.44. The highest BCUT2D eigenvalue weighted by atomic mass is 79.9. The predicted molar refractivity (Wildman–Crippen MR) is 57.8 cm³/mol. The molecular formula is C10H9BrN2O2. The molecule has 0 amide bonds. The summed E-state index contributed by atoms with van der Waals surface area (Å²) in [6.07, 6.45) is 0.652. The molecule has 5 heteroatoms. The van der Waals surface area contributed by atoms with E-state index in [1.54, 1.807) is 7.11 Å². The van der Waals surface area contributed by atoms with E-state index in [9.17, 15) is 0 Å². The van der Waals surface area contributed by atoms with Gasteiger partial charge in [-0.05, 0) is 17.7 Å². The molecule has 2 aromatic rings. The first-order chi connectivity index (χ1) is 7.28. The van der Waals surface area contributed by atoms with Crippen LogP contribution in [0, 0.1) is 0 Å². The first kappa shape index (κ1) is 10.2. The molecule has 0 saturated carbocycles. The van der Waals surface area contributed by atoms with E-state index in [-0.39, 0.29) is 0 Å². The molecule has 1 aromatic carbocycles. The van der Waals surface area contributed by atoms with Gasteiger partial charge in [0.1, 0.15) is 5.75 Å². The highest BCUT2D eigenvalue weighted by Gasteiger charge is 2.04. The van der Waals surface area contributed by atoms with E-state index < -0.39 is 0 Å². The predicted octanol–water partition coefficient (Wildman–Crippen LogP) is 2.43. The van der Waals surface area contributed by atoms with Crippen molar-refractivity contribution in [2.45, 2.75) is 6.42 Å². The Morgan fingerprint density at radius 2 is 2.07 bits per heavy atom. The number of benzene rings is 1. The van der Waals surface area contributed by atoms with Crippen LogP contribution in [0.5, 0.6) is 5.75 Å². The maximum absolute atomic E-state index is 5.07. The van der Waals surface area contributed by atoms with Crippen molar-refractivity contribution >= 4 is 15.9 Å². The van der Waals surface area contributed by atoms with Crippen LogP contribution in [0.1, 0.15) is 11.4 Å². The van der Waals surface area contributed by atoms with Gasteiger partial charge in [-0.25, -0.2) is 0 Å². The summed E-state index contributed by atoms with van der Waals surface area (Å²) >= 11 is 3.11. The molecule has 0 aliphatic rings. The molecule has 4 nitrogen and oxygen atoms in total. The van der Waals surface area contributed by atoms with Crippen molar-refractivity contribution in [3.05, 3.63) is 40.5 Å². The molecule has 2 rings (SSSR count). The molecule has 1 heterocycles. The summed E-state index contributed by atoms with van der Waals surface area (Å²) in [6, 6.07) is 7.76. The maximum atomic E-state index is 5.07. The lowest BCUT2D eigenvalue weighted by atomic mass is 10.1. The van der Waals surface area contributed by atoms with Crippen LogP contribution in [0.3, 0.4) is 0 Å². The first-order valence-electron chi connectivity index (χ1n) is 4.39. The van der Waals surface area contributed by atoms with Gasteiger partial charge in [-0.3, -0.25) is 0 Å². The normalized spacial score (nSPS) is 10.3. The van der Waals surface area contributed by atoms with E-state index in [2.05, 4.69) is 26.1 Å². The molecular weight excluding hydrogens is 260 g/mol. The van der Waals surface area contributed by atoms with Crippen LogP contribution in [-0.4, -0.2) is 17.3 Å². The lowest BCUT2D eigenvalue weighted by molar-refractivity contribution is 0.391. The Kier molecular flexibility index (Phi) is 3.01. The molecule has 0 fully saturated rings. The average molecular weight is 269 g/mol. The fourth-order valence-electron chi connectivity index (χ4n) is 1.23. The Bertz CT molecular complexity index is 439. The van der Waals surface area contributed by atoms with Crippen LogP contribution in [0.4, 0.5) is 0 Å². The summed E-state index contributed by atoms with van der Waals surface area (Å²) in [4.78, 5) is 4.46. The van der Waals surface area contributed by atoms with Gasteiger partial charge in [-0.15, -0.1) is 0 Å². The SMILES string of the molecule is COc1ccc(Cc2noc(Br)n2)cc1.